The van der Waals surface area contributed by atoms with Crippen molar-refractivity contribution in [2.45, 2.75) is 19.9 Å². The number of nitrogens with one attached hydrogen (secondary N) is 1. The number of aromatic nitrogens is 1. The number of nitrogens with zero attached hydrogens (tertiary/aromatic N) is 2. The number of primary amides is 1. The molecule has 3 rings (SSSR count). The molecule has 2 aromatic carbocycles. The SMILES string of the molecule is CCOC(=O)CNC(=O)[C@H](c1ccc(OCC)cc1)N(C(=O)c1snc(C(N)=O)c1N)c1ccccc1. The zero-order chi connectivity index (χ0) is 26.9. The van der Waals surface area contributed by atoms with Crippen LogP contribution >= 0.6 is 11.5 Å². The van der Waals surface area contributed by atoms with Gasteiger partial charge in [0.15, 0.2) is 5.69 Å². The number of carbonyl (C=O) groups excluding carboxylic acids is 4. The van der Waals surface area contributed by atoms with Crippen LogP contribution in [0.3, 0.4) is 0 Å². The largest absolute Gasteiger partial charge is 0.494 e. The van der Waals surface area contributed by atoms with Crippen LogP contribution in [0, 0.1) is 0 Å². The predicted molar refractivity (Wildman–Crippen MR) is 138 cm³/mol. The van der Waals surface area contributed by atoms with Gasteiger partial charge in [-0.3, -0.25) is 24.1 Å². The van der Waals surface area contributed by atoms with Crippen LogP contribution in [-0.4, -0.2) is 47.8 Å². The quantitative estimate of drug-likeness (QED) is 0.321. The highest BCUT2D eigenvalue weighted by molar-refractivity contribution is 7.09. The van der Waals surface area contributed by atoms with Crippen LogP contribution < -0.4 is 26.4 Å². The molecule has 0 fully saturated rings. The molecule has 0 aliphatic carbocycles. The third-order valence-electron chi connectivity index (χ3n) is 5.13. The molecule has 1 aromatic heterocycles. The normalized spacial score (nSPS) is 11.3. The molecular formula is C25H27N5O6S. The second-order valence-corrected chi connectivity index (χ2v) is 8.35. The first-order valence-electron chi connectivity index (χ1n) is 11.4. The van der Waals surface area contributed by atoms with Gasteiger partial charge >= 0.3 is 5.97 Å². The highest BCUT2D eigenvalue weighted by Gasteiger charge is 2.36. The Hall–Kier alpha value is -4.45. The summed E-state index contributed by atoms with van der Waals surface area (Å²) >= 11 is 0.701. The van der Waals surface area contributed by atoms with Gasteiger partial charge in [-0.1, -0.05) is 30.3 Å². The Morgan fingerprint density at radius 1 is 1.03 bits per heavy atom. The molecule has 12 heteroatoms. The summed E-state index contributed by atoms with van der Waals surface area (Å²) in [5, 5.41) is 2.54. The van der Waals surface area contributed by atoms with E-state index in [0.717, 1.165) is 0 Å². The van der Waals surface area contributed by atoms with E-state index in [4.69, 9.17) is 20.9 Å². The molecule has 37 heavy (non-hydrogen) atoms. The smallest absolute Gasteiger partial charge is 0.325 e. The lowest BCUT2D eigenvalue weighted by molar-refractivity contribution is -0.143. The Labute approximate surface area is 217 Å². The fourth-order valence-electron chi connectivity index (χ4n) is 3.51. The minimum Gasteiger partial charge on any atom is -0.494 e. The van der Waals surface area contributed by atoms with Crippen molar-refractivity contribution in [3.8, 4) is 5.75 Å². The third kappa shape index (κ3) is 6.41. The molecule has 0 saturated heterocycles. The molecule has 3 amide bonds. The van der Waals surface area contributed by atoms with E-state index >= 15 is 0 Å². The van der Waals surface area contributed by atoms with E-state index in [1.54, 1.807) is 61.5 Å². The lowest BCUT2D eigenvalue weighted by Gasteiger charge is -2.31. The van der Waals surface area contributed by atoms with Crippen molar-refractivity contribution < 1.29 is 28.7 Å². The first kappa shape index (κ1) is 27.1. The molecule has 194 valence electrons. The molecule has 0 spiro atoms. The Bertz CT molecular complexity index is 1260. The van der Waals surface area contributed by atoms with E-state index in [9.17, 15) is 19.2 Å². The lowest BCUT2D eigenvalue weighted by Crippen LogP contribution is -2.45. The maximum Gasteiger partial charge on any atom is 0.325 e. The molecule has 1 heterocycles. The van der Waals surface area contributed by atoms with Crippen molar-refractivity contribution in [2.24, 2.45) is 5.73 Å². The number of ether oxygens (including phenoxy) is 2. The topological polar surface area (TPSA) is 167 Å². The molecule has 11 nitrogen and oxygen atoms in total. The van der Waals surface area contributed by atoms with Gasteiger partial charge in [0.2, 0.25) is 5.91 Å². The van der Waals surface area contributed by atoms with Crippen LogP contribution in [0.2, 0.25) is 0 Å². The summed E-state index contributed by atoms with van der Waals surface area (Å²) in [5.41, 5.74) is 11.8. The minimum absolute atomic E-state index is 0.0632. The highest BCUT2D eigenvalue weighted by Crippen LogP contribution is 2.33. The summed E-state index contributed by atoms with van der Waals surface area (Å²) < 4.78 is 14.3. The number of para-hydroxylation sites is 1. The standard InChI is InChI=1S/C25H27N5O6S/c1-3-35-17-12-10-15(11-13-17)21(24(33)28-14-18(31)36-4-2)30(16-8-6-5-7-9-16)25(34)22-19(26)20(23(27)32)29-37-22/h5-13,21H,3-4,14,26H2,1-2H3,(H2,27,32)(H,28,33)/t21-/m0/s1. The van der Waals surface area contributed by atoms with E-state index in [2.05, 4.69) is 9.69 Å². The van der Waals surface area contributed by atoms with Gasteiger partial charge in [-0.05, 0) is 55.2 Å². The Kier molecular flexibility index (Phi) is 9.16. The summed E-state index contributed by atoms with van der Waals surface area (Å²) in [6, 6.07) is 13.8. The number of hydrogen-bond donors (Lipinski definition) is 3. The monoisotopic (exact) mass is 525 g/mol. The van der Waals surface area contributed by atoms with E-state index in [1.807, 2.05) is 6.92 Å². The van der Waals surface area contributed by atoms with Crippen molar-refractivity contribution >= 4 is 46.6 Å². The van der Waals surface area contributed by atoms with E-state index in [1.165, 1.54) is 4.90 Å². The van der Waals surface area contributed by atoms with Gasteiger partial charge in [-0.15, -0.1) is 0 Å². The number of benzene rings is 2. The maximum absolute atomic E-state index is 13.9. The number of esters is 1. The third-order valence-corrected chi connectivity index (χ3v) is 5.99. The number of amides is 3. The molecule has 0 bridgehead atoms. The molecule has 5 N–H and O–H groups in total. The van der Waals surface area contributed by atoms with Crippen LogP contribution in [0.1, 0.15) is 45.6 Å². The summed E-state index contributed by atoms with van der Waals surface area (Å²) in [6.45, 7) is 3.70. The lowest BCUT2D eigenvalue weighted by atomic mass is 10.0. The molecule has 1 atom stereocenters. The Morgan fingerprint density at radius 2 is 1.70 bits per heavy atom. The minimum atomic E-state index is -1.24. The number of carbonyl (C=O) groups is 4. The first-order valence-corrected chi connectivity index (χ1v) is 12.1. The van der Waals surface area contributed by atoms with Gasteiger partial charge in [0.25, 0.3) is 11.8 Å². The van der Waals surface area contributed by atoms with Gasteiger partial charge in [-0.25, -0.2) is 0 Å². The fourth-order valence-corrected chi connectivity index (χ4v) is 4.25. The van der Waals surface area contributed by atoms with Crippen LogP contribution in [0.15, 0.2) is 54.6 Å². The van der Waals surface area contributed by atoms with E-state index in [0.29, 0.717) is 35.1 Å². The second kappa shape index (κ2) is 12.5. The number of hydrogen-bond acceptors (Lipinski definition) is 9. The van der Waals surface area contributed by atoms with Crippen molar-refractivity contribution in [1.29, 1.82) is 0 Å². The number of anilines is 2. The van der Waals surface area contributed by atoms with Crippen molar-refractivity contribution in [1.82, 2.24) is 9.69 Å². The Morgan fingerprint density at radius 3 is 2.27 bits per heavy atom. The number of rotatable bonds is 11. The summed E-state index contributed by atoms with van der Waals surface area (Å²) in [5.74, 6) is -2.26. The number of nitrogens with two attached hydrogens (primary N) is 2. The van der Waals surface area contributed by atoms with Crippen LogP contribution in [-0.2, 0) is 14.3 Å². The van der Waals surface area contributed by atoms with Crippen molar-refractivity contribution in [2.75, 3.05) is 30.4 Å². The second-order valence-electron chi connectivity index (χ2n) is 7.58. The molecule has 3 aromatic rings. The molecule has 0 aliphatic heterocycles. The highest BCUT2D eigenvalue weighted by atomic mass is 32.1. The van der Waals surface area contributed by atoms with Gasteiger partial charge in [-0.2, -0.15) is 4.37 Å². The fraction of sp³-hybridized carbons (Fsp3) is 0.240. The van der Waals surface area contributed by atoms with E-state index < -0.39 is 36.3 Å². The van der Waals surface area contributed by atoms with Gasteiger partial charge in [0.1, 0.15) is 23.2 Å². The summed E-state index contributed by atoms with van der Waals surface area (Å²) in [7, 11) is 0. The van der Waals surface area contributed by atoms with Crippen LogP contribution in [0.4, 0.5) is 11.4 Å². The predicted octanol–water partition coefficient (Wildman–Crippen LogP) is 2.29. The zero-order valence-electron chi connectivity index (χ0n) is 20.3. The average Bonchev–Trinajstić information content (AvgIpc) is 3.28. The van der Waals surface area contributed by atoms with Gasteiger partial charge in [0, 0.05) is 5.69 Å². The molecule has 0 unspecified atom stereocenters. The van der Waals surface area contributed by atoms with Crippen molar-refractivity contribution in [3.63, 3.8) is 0 Å². The number of nitrogen functional groups attached to an aromatic ring is 1. The zero-order valence-corrected chi connectivity index (χ0v) is 21.1. The summed E-state index contributed by atoms with van der Waals surface area (Å²) in [6.07, 6.45) is 0. The van der Waals surface area contributed by atoms with Gasteiger partial charge < -0.3 is 26.3 Å². The molecule has 0 radical (unpaired) electrons. The first-order chi connectivity index (χ1) is 17.8. The van der Waals surface area contributed by atoms with Crippen LogP contribution in [0.25, 0.3) is 0 Å². The maximum atomic E-state index is 13.9. The van der Waals surface area contributed by atoms with E-state index in [-0.39, 0.29) is 22.9 Å². The van der Waals surface area contributed by atoms with Crippen molar-refractivity contribution in [3.05, 3.63) is 70.7 Å². The van der Waals surface area contributed by atoms with Gasteiger partial charge in [0.05, 0.1) is 18.9 Å². The molecule has 0 aliphatic rings. The van der Waals surface area contributed by atoms with Crippen LogP contribution in [0.5, 0.6) is 5.75 Å². The average molecular weight is 526 g/mol. The Balaban J connectivity index is 2.12. The molecular weight excluding hydrogens is 498 g/mol. The summed E-state index contributed by atoms with van der Waals surface area (Å²) in [4.78, 5) is 52.2. The molecule has 0 saturated carbocycles.